The van der Waals surface area contributed by atoms with Crippen LogP contribution in [0.2, 0.25) is 5.02 Å². The number of ether oxygens (including phenoxy) is 1. The van der Waals surface area contributed by atoms with E-state index in [2.05, 4.69) is 34.1 Å². The number of carbonyl (C=O) groups is 1. The van der Waals surface area contributed by atoms with E-state index in [-0.39, 0.29) is 0 Å². The molecule has 0 spiro atoms. The van der Waals surface area contributed by atoms with Crippen molar-refractivity contribution in [1.29, 1.82) is 0 Å². The largest absolute Gasteiger partial charge is 0.486 e. The van der Waals surface area contributed by atoms with Crippen LogP contribution < -0.4 is 4.74 Å². The fourth-order valence-electron chi connectivity index (χ4n) is 2.55. The van der Waals surface area contributed by atoms with E-state index >= 15 is 0 Å². The van der Waals surface area contributed by atoms with Crippen LogP contribution in [0, 0.1) is 0 Å². The molecule has 0 saturated heterocycles. The number of fused-ring (bicyclic) bond motifs is 1. The van der Waals surface area contributed by atoms with Crippen LogP contribution in [0.5, 0.6) is 5.75 Å². The van der Waals surface area contributed by atoms with Crippen molar-refractivity contribution in [1.82, 2.24) is 0 Å². The molecule has 0 fully saturated rings. The van der Waals surface area contributed by atoms with Gasteiger partial charge >= 0.3 is 5.97 Å². The fraction of sp³-hybridized carbons (Fsp3) is 0.0500. The Hall–Kier alpha value is -2.30. The highest BCUT2D eigenvalue weighted by molar-refractivity contribution is 9.10. The molecule has 0 saturated carbocycles. The molecule has 0 aliphatic heterocycles. The second kappa shape index (κ2) is 7.72. The van der Waals surface area contributed by atoms with Gasteiger partial charge in [0.05, 0.1) is 9.50 Å². The van der Waals surface area contributed by atoms with Gasteiger partial charge in [-0.05, 0) is 56.0 Å². The molecule has 0 atom stereocenters. The summed E-state index contributed by atoms with van der Waals surface area (Å²) in [6, 6.07) is 17.6. The minimum Gasteiger partial charge on any atom is -0.486 e. The summed E-state index contributed by atoms with van der Waals surface area (Å²) in [5, 5.41) is 11.4. The van der Waals surface area contributed by atoms with E-state index in [4.69, 9.17) is 21.4 Å². The third kappa shape index (κ3) is 4.21. The Kier molecular flexibility index (Phi) is 5.41. The topological polar surface area (TPSA) is 46.5 Å². The van der Waals surface area contributed by atoms with Crippen molar-refractivity contribution >= 4 is 50.3 Å². The van der Waals surface area contributed by atoms with E-state index in [0.29, 0.717) is 27.4 Å². The van der Waals surface area contributed by atoms with E-state index in [9.17, 15) is 4.79 Å². The number of aliphatic carboxylic acids is 1. The van der Waals surface area contributed by atoms with Gasteiger partial charge in [0.1, 0.15) is 6.61 Å². The summed E-state index contributed by atoms with van der Waals surface area (Å²) in [5.74, 6) is -0.481. The Labute approximate surface area is 158 Å². The molecule has 0 amide bonds. The maximum absolute atomic E-state index is 10.6. The lowest BCUT2D eigenvalue weighted by Gasteiger charge is -2.12. The Balaban J connectivity index is 1.84. The van der Waals surface area contributed by atoms with E-state index in [1.54, 1.807) is 12.1 Å². The quantitative estimate of drug-likeness (QED) is 0.523. The number of carboxylic acids is 1. The molecule has 126 valence electrons. The molecule has 0 aliphatic carbocycles. The molecule has 1 N–H and O–H groups in total. The fourth-order valence-corrected chi connectivity index (χ4v) is 3.54. The molecule has 3 nitrogen and oxygen atoms in total. The molecule has 0 unspecified atom stereocenters. The van der Waals surface area contributed by atoms with Crippen LogP contribution in [0.25, 0.3) is 16.8 Å². The van der Waals surface area contributed by atoms with Gasteiger partial charge in [-0.3, -0.25) is 0 Å². The summed E-state index contributed by atoms with van der Waals surface area (Å²) in [6.45, 7) is 0.379. The highest BCUT2D eigenvalue weighted by atomic mass is 79.9. The number of halogens is 2. The normalized spacial score (nSPS) is 11.1. The first-order chi connectivity index (χ1) is 12.0. The van der Waals surface area contributed by atoms with Gasteiger partial charge in [0, 0.05) is 6.08 Å². The number of hydrogen-bond donors (Lipinski definition) is 1. The van der Waals surface area contributed by atoms with Crippen LogP contribution >= 0.6 is 27.5 Å². The summed E-state index contributed by atoms with van der Waals surface area (Å²) >= 11 is 9.74. The summed E-state index contributed by atoms with van der Waals surface area (Å²) in [5.41, 5.74) is 1.74. The van der Waals surface area contributed by atoms with Crippen LogP contribution in [-0.2, 0) is 11.4 Å². The van der Waals surface area contributed by atoms with E-state index < -0.39 is 5.97 Å². The molecule has 3 rings (SSSR count). The molecular formula is C20H14BrClO3. The van der Waals surface area contributed by atoms with Crippen molar-refractivity contribution in [3.63, 3.8) is 0 Å². The first-order valence-electron chi connectivity index (χ1n) is 7.54. The summed E-state index contributed by atoms with van der Waals surface area (Å²) in [7, 11) is 0. The van der Waals surface area contributed by atoms with Gasteiger partial charge in [-0.25, -0.2) is 4.79 Å². The predicted molar refractivity (Wildman–Crippen MR) is 104 cm³/mol. The van der Waals surface area contributed by atoms with E-state index in [1.807, 2.05) is 24.3 Å². The molecule has 0 aromatic heterocycles. The molecule has 0 heterocycles. The Morgan fingerprint density at radius 1 is 1.16 bits per heavy atom. The van der Waals surface area contributed by atoms with Crippen molar-refractivity contribution in [2.75, 3.05) is 0 Å². The lowest BCUT2D eigenvalue weighted by Crippen LogP contribution is -1.98. The van der Waals surface area contributed by atoms with Crippen LogP contribution in [0.4, 0.5) is 0 Å². The SMILES string of the molecule is O=C(O)/C=C/c1cc(Cl)c(OCc2cccc3ccccc23)c(Br)c1. The average Bonchev–Trinajstić information content (AvgIpc) is 2.59. The van der Waals surface area contributed by atoms with Gasteiger partial charge in [-0.2, -0.15) is 0 Å². The van der Waals surface area contributed by atoms with Gasteiger partial charge in [-0.1, -0.05) is 54.1 Å². The molecule has 0 aliphatic rings. The number of benzene rings is 3. The zero-order valence-corrected chi connectivity index (χ0v) is 15.4. The standard InChI is InChI=1S/C20H14BrClO3/c21-17-10-13(8-9-19(23)24)11-18(22)20(17)25-12-15-6-3-5-14-4-1-2-7-16(14)15/h1-11H,12H2,(H,23,24)/b9-8+. The highest BCUT2D eigenvalue weighted by Crippen LogP contribution is 2.35. The zero-order valence-electron chi connectivity index (χ0n) is 13.1. The first-order valence-corrected chi connectivity index (χ1v) is 8.71. The second-order valence-electron chi connectivity index (χ2n) is 5.41. The smallest absolute Gasteiger partial charge is 0.328 e. The molecule has 0 radical (unpaired) electrons. The summed E-state index contributed by atoms with van der Waals surface area (Å²) < 4.78 is 6.59. The van der Waals surface area contributed by atoms with Gasteiger partial charge in [0.15, 0.2) is 5.75 Å². The minimum absolute atomic E-state index is 0.379. The highest BCUT2D eigenvalue weighted by Gasteiger charge is 2.10. The number of rotatable bonds is 5. The maximum Gasteiger partial charge on any atom is 0.328 e. The van der Waals surface area contributed by atoms with Gasteiger partial charge < -0.3 is 9.84 Å². The Morgan fingerprint density at radius 3 is 2.68 bits per heavy atom. The van der Waals surface area contributed by atoms with E-state index in [0.717, 1.165) is 22.4 Å². The van der Waals surface area contributed by atoms with Gasteiger partial charge in [0.2, 0.25) is 0 Å². The Bertz CT molecular complexity index is 938. The van der Waals surface area contributed by atoms with Crippen molar-refractivity contribution in [2.24, 2.45) is 0 Å². The summed E-state index contributed by atoms with van der Waals surface area (Å²) in [6.07, 6.45) is 2.54. The van der Waals surface area contributed by atoms with Crippen LogP contribution in [0.15, 0.2) is 65.1 Å². The molecular weight excluding hydrogens is 404 g/mol. The van der Waals surface area contributed by atoms with Crippen LogP contribution in [-0.4, -0.2) is 11.1 Å². The predicted octanol–water partition coefficient (Wildman–Crippen LogP) is 5.93. The first kappa shape index (κ1) is 17.5. The lowest BCUT2D eigenvalue weighted by molar-refractivity contribution is -0.131. The lowest BCUT2D eigenvalue weighted by atomic mass is 10.1. The number of hydrogen-bond acceptors (Lipinski definition) is 2. The number of carboxylic acid groups (broad SMARTS) is 1. The van der Waals surface area contributed by atoms with Crippen molar-refractivity contribution in [3.8, 4) is 5.75 Å². The summed E-state index contributed by atoms with van der Waals surface area (Å²) in [4.78, 5) is 10.6. The van der Waals surface area contributed by atoms with Crippen molar-refractivity contribution in [2.45, 2.75) is 6.61 Å². The molecule has 5 heteroatoms. The van der Waals surface area contributed by atoms with Crippen LogP contribution in [0.3, 0.4) is 0 Å². The van der Waals surface area contributed by atoms with Gasteiger partial charge in [0.25, 0.3) is 0 Å². The van der Waals surface area contributed by atoms with Crippen LogP contribution in [0.1, 0.15) is 11.1 Å². The Morgan fingerprint density at radius 2 is 1.92 bits per heavy atom. The van der Waals surface area contributed by atoms with E-state index in [1.165, 1.54) is 6.08 Å². The second-order valence-corrected chi connectivity index (χ2v) is 6.67. The molecule has 3 aromatic rings. The zero-order chi connectivity index (χ0) is 17.8. The third-order valence-electron chi connectivity index (χ3n) is 3.69. The molecule has 3 aromatic carbocycles. The molecule has 25 heavy (non-hydrogen) atoms. The monoisotopic (exact) mass is 416 g/mol. The maximum atomic E-state index is 10.6. The van der Waals surface area contributed by atoms with Crippen molar-refractivity contribution < 1.29 is 14.6 Å². The average molecular weight is 418 g/mol. The van der Waals surface area contributed by atoms with Gasteiger partial charge in [-0.15, -0.1) is 0 Å². The minimum atomic E-state index is -1.01. The third-order valence-corrected chi connectivity index (χ3v) is 4.56. The van der Waals surface area contributed by atoms with Crippen molar-refractivity contribution in [3.05, 3.63) is 81.3 Å². The molecule has 0 bridgehead atoms.